The van der Waals surface area contributed by atoms with Gasteiger partial charge in [0.2, 0.25) is 5.91 Å². The molecule has 0 aromatic carbocycles. The second-order valence-corrected chi connectivity index (χ2v) is 10.7. The van der Waals surface area contributed by atoms with Crippen molar-refractivity contribution in [1.82, 2.24) is 5.32 Å². The van der Waals surface area contributed by atoms with Gasteiger partial charge in [-0.1, -0.05) is 71.1 Å². The van der Waals surface area contributed by atoms with E-state index in [0.717, 1.165) is 29.8 Å². The molecule has 0 bridgehead atoms. The van der Waals surface area contributed by atoms with Gasteiger partial charge in [0.15, 0.2) is 0 Å². The van der Waals surface area contributed by atoms with Crippen molar-refractivity contribution in [2.75, 3.05) is 33.7 Å². The van der Waals surface area contributed by atoms with Crippen LogP contribution in [-0.2, 0) is 4.79 Å². The lowest BCUT2D eigenvalue weighted by atomic mass is 9.91. The van der Waals surface area contributed by atoms with E-state index in [-0.39, 0.29) is 17.0 Å². The van der Waals surface area contributed by atoms with E-state index in [1.165, 1.54) is 103 Å². The first kappa shape index (κ1) is 27.9. The Balaban J connectivity index is 0.00000450. The van der Waals surface area contributed by atoms with E-state index in [2.05, 4.69) is 26.3 Å². The number of rotatable bonds is 16. The Hall–Kier alpha value is -0.0900. The van der Waals surface area contributed by atoms with Crippen LogP contribution < -0.4 is 22.3 Å². The Morgan fingerprint density at radius 2 is 1.40 bits per heavy atom. The van der Waals surface area contributed by atoms with E-state index in [9.17, 15) is 4.79 Å². The fourth-order valence-electron chi connectivity index (χ4n) is 5.88. The van der Waals surface area contributed by atoms with Crippen LogP contribution in [0.25, 0.3) is 0 Å². The van der Waals surface area contributed by atoms with Crippen molar-refractivity contribution in [2.45, 2.75) is 110 Å². The summed E-state index contributed by atoms with van der Waals surface area (Å²) in [5, 5.41) is 3.27. The van der Waals surface area contributed by atoms with Crippen molar-refractivity contribution < 1.29 is 26.3 Å². The van der Waals surface area contributed by atoms with Crippen molar-refractivity contribution in [1.29, 1.82) is 0 Å². The number of carbonyl (C=O) groups is 1. The van der Waals surface area contributed by atoms with Crippen molar-refractivity contribution in [3.63, 3.8) is 0 Å². The van der Waals surface area contributed by atoms with Crippen molar-refractivity contribution >= 4 is 5.91 Å². The first-order valence-electron chi connectivity index (χ1n) is 13.1. The largest absolute Gasteiger partial charge is 1.00 e. The molecule has 1 amide bonds. The predicted molar refractivity (Wildman–Crippen MR) is 125 cm³/mol. The zero-order valence-corrected chi connectivity index (χ0v) is 22.0. The molecule has 0 aromatic rings. The standard InChI is InChI=1S/C26H50N2O.BrH/c1-4-5-6-7-8-9-10-11-12-13-21-28(2,3)22-15-20-27-26(29)25-19-18-23-16-14-17-24(23)25;/h23-25H,4-22H2,1-3H3;1H/t23-,24-,25?;/m1./s1. The van der Waals surface area contributed by atoms with Crippen LogP contribution in [0.1, 0.15) is 110 Å². The van der Waals surface area contributed by atoms with Gasteiger partial charge in [0, 0.05) is 18.9 Å². The molecule has 3 nitrogen and oxygen atoms in total. The second-order valence-electron chi connectivity index (χ2n) is 10.7. The molecule has 0 heterocycles. The fraction of sp³-hybridized carbons (Fsp3) is 0.962. The van der Waals surface area contributed by atoms with Crippen LogP contribution in [0.15, 0.2) is 0 Å². The maximum absolute atomic E-state index is 12.6. The predicted octanol–water partition coefficient (Wildman–Crippen LogP) is 3.32. The second kappa shape index (κ2) is 15.7. The highest BCUT2D eigenvalue weighted by molar-refractivity contribution is 5.79. The van der Waals surface area contributed by atoms with Gasteiger partial charge in [0.05, 0.1) is 27.2 Å². The third-order valence-corrected chi connectivity index (χ3v) is 7.78. The van der Waals surface area contributed by atoms with E-state index in [4.69, 9.17) is 0 Å². The van der Waals surface area contributed by atoms with Crippen LogP contribution >= 0.6 is 0 Å². The first-order valence-corrected chi connectivity index (χ1v) is 13.1. The number of fused-ring (bicyclic) bond motifs is 1. The van der Waals surface area contributed by atoms with Gasteiger partial charge in [-0.15, -0.1) is 0 Å². The topological polar surface area (TPSA) is 29.1 Å². The molecule has 178 valence electrons. The summed E-state index contributed by atoms with van der Waals surface area (Å²) < 4.78 is 1.10. The maximum Gasteiger partial charge on any atom is 0.223 e. The highest BCUT2D eigenvalue weighted by Gasteiger charge is 2.42. The van der Waals surface area contributed by atoms with E-state index >= 15 is 0 Å². The Labute approximate surface area is 198 Å². The van der Waals surface area contributed by atoms with Gasteiger partial charge < -0.3 is 26.8 Å². The molecule has 2 aliphatic carbocycles. The third kappa shape index (κ3) is 10.5. The Morgan fingerprint density at radius 1 is 0.800 bits per heavy atom. The summed E-state index contributed by atoms with van der Waals surface area (Å²) >= 11 is 0. The van der Waals surface area contributed by atoms with Crippen LogP contribution in [0, 0.1) is 17.8 Å². The molecule has 2 saturated carbocycles. The lowest BCUT2D eigenvalue weighted by Gasteiger charge is -2.30. The van der Waals surface area contributed by atoms with Gasteiger partial charge in [-0.25, -0.2) is 0 Å². The molecule has 2 aliphatic rings. The number of nitrogens with zero attached hydrogens (tertiary/aromatic N) is 1. The zero-order valence-electron chi connectivity index (χ0n) is 20.4. The fourth-order valence-corrected chi connectivity index (χ4v) is 5.88. The molecular weight excluding hydrogens is 436 g/mol. The number of quaternary nitrogens is 1. The molecule has 1 unspecified atom stereocenters. The molecule has 0 aromatic heterocycles. The molecule has 3 atom stereocenters. The summed E-state index contributed by atoms with van der Waals surface area (Å²) in [6.07, 6.45) is 21.7. The highest BCUT2D eigenvalue weighted by Crippen LogP contribution is 2.47. The Morgan fingerprint density at radius 3 is 2.07 bits per heavy atom. The van der Waals surface area contributed by atoms with Crippen LogP contribution in [0.2, 0.25) is 0 Å². The summed E-state index contributed by atoms with van der Waals surface area (Å²) in [5.41, 5.74) is 0. The lowest BCUT2D eigenvalue weighted by molar-refractivity contribution is -0.890. The lowest BCUT2D eigenvalue weighted by Crippen LogP contribution is -3.00. The van der Waals surface area contributed by atoms with E-state index in [0.29, 0.717) is 17.7 Å². The number of amides is 1. The molecule has 0 saturated heterocycles. The minimum absolute atomic E-state index is 0. The van der Waals surface area contributed by atoms with Crippen LogP contribution in [0.4, 0.5) is 0 Å². The number of halogens is 1. The molecule has 0 radical (unpaired) electrons. The summed E-state index contributed by atoms with van der Waals surface area (Å²) in [5.74, 6) is 2.26. The van der Waals surface area contributed by atoms with Crippen molar-refractivity contribution in [3.05, 3.63) is 0 Å². The smallest absolute Gasteiger partial charge is 0.223 e. The van der Waals surface area contributed by atoms with Crippen LogP contribution in [0.5, 0.6) is 0 Å². The van der Waals surface area contributed by atoms with Crippen molar-refractivity contribution in [3.8, 4) is 0 Å². The van der Waals surface area contributed by atoms with E-state index in [1.807, 2.05) is 0 Å². The summed E-state index contributed by atoms with van der Waals surface area (Å²) in [7, 11) is 4.71. The molecule has 1 N–H and O–H groups in total. The number of hydrogen-bond acceptors (Lipinski definition) is 1. The van der Waals surface area contributed by atoms with Crippen molar-refractivity contribution in [2.24, 2.45) is 17.8 Å². The molecule has 0 spiro atoms. The quantitative estimate of drug-likeness (QED) is 0.263. The number of nitrogens with one attached hydrogen (secondary N) is 1. The minimum Gasteiger partial charge on any atom is -1.00 e. The highest BCUT2D eigenvalue weighted by atomic mass is 79.9. The Bertz CT molecular complexity index is 454. The summed E-state index contributed by atoms with van der Waals surface area (Å²) in [6.45, 7) is 5.61. The Kier molecular flexibility index (Phi) is 14.6. The average molecular weight is 488 g/mol. The maximum atomic E-state index is 12.6. The molecule has 30 heavy (non-hydrogen) atoms. The number of hydrogen-bond donors (Lipinski definition) is 1. The van der Waals surface area contributed by atoms with Crippen LogP contribution in [-0.4, -0.2) is 44.1 Å². The van der Waals surface area contributed by atoms with Gasteiger partial charge in [-0.3, -0.25) is 4.79 Å². The van der Waals surface area contributed by atoms with Gasteiger partial charge in [0.25, 0.3) is 0 Å². The zero-order chi connectivity index (χ0) is 21.0. The monoisotopic (exact) mass is 486 g/mol. The van der Waals surface area contributed by atoms with E-state index in [1.54, 1.807) is 0 Å². The van der Waals surface area contributed by atoms with Gasteiger partial charge in [0.1, 0.15) is 0 Å². The van der Waals surface area contributed by atoms with Gasteiger partial charge in [-0.05, 0) is 43.9 Å². The molecule has 2 rings (SSSR count). The van der Waals surface area contributed by atoms with Crippen LogP contribution in [0.3, 0.4) is 0 Å². The third-order valence-electron chi connectivity index (χ3n) is 7.78. The molecular formula is C26H51BrN2O. The summed E-state index contributed by atoms with van der Waals surface area (Å²) in [4.78, 5) is 12.6. The first-order chi connectivity index (χ1) is 14.0. The minimum atomic E-state index is 0. The SMILES string of the molecule is CCCCCCCCCCCC[N+](C)(C)CCCNC(=O)C1CC[C@H]2CCC[C@@H]12.[Br-]. The van der Waals surface area contributed by atoms with Gasteiger partial charge >= 0.3 is 0 Å². The molecule has 4 heteroatoms. The number of carbonyl (C=O) groups excluding carboxylic acids is 1. The normalized spacial score (nSPS) is 23.2. The van der Waals surface area contributed by atoms with Gasteiger partial charge in [-0.2, -0.15) is 0 Å². The molecule has 0 aliphatic heterocycles. The average Bonchev–Trinajstić information content (AvgIpc) is 3.30. The van der Waals surface area contributed by atoms with E-state index < -0.39 is 0 Å². The number of unbranched alkanes of at least 4 members (excludes halogenated alkanes) is 9. The molecule has 2 fully saturated rings. The summed E-state index contributed by atoms with van der Waals surface area (Å²) in [6, 6.07) is 0.